The summed E-state index contributed by atoms with van der Waals surface area (Å²) in [6.07, 6.45) is 0.138. The average molecular weight is 229 g/mol. The van der Waals surface area contributed by atoms with Gasteiger partial charge in [0.25, 0.3) is 0 Å². The van der Waals surface area contributed by atoms with Gasteiger partial charge in [-0.15, -0.1) is 0 Å². The summed E-state index contributed by atoms with van der Waals surface area (Å²) < 4.78 is 22.7. The molecule has 0 heterocycles. The fourth-order valence-corrected chi connectivity index (χ4v) is 1.62. The molecule has 0 aromatic heterocycles. The summed E-state index contributed by atoms with van der Waals surface area (Å²) >= 11 is 0. The summed E-state index contributed by atoms with van der Waals surface area (Å²) in [5.74, 6) is -1.18. The third kappa shape index (κ3) is 4.09. The van der Waals surface area contributed by atoms with Crippen LogP contribution in [0, 0.1) is 0 Å². The second-order valence-electron chi connectivity index (χ2n) is 2.97. The Morgan fingerprint density at radius 3 is 2.40 bits per heavy atom. The normalized spacial score (nSPS) is 12.6. The summed E-state index contributed by atoms with van der Waals surface area (Å²) in [6.45, 7) is 0. The standard InChI is InChI=1S/C9H11NO4S/c11-9(12)8(10-15(13)14)6-7-4-2-1-3-5-7/h1-5,8,15H,6H2,(H,11,12)(H,10,13,14)/t8-/m1/s1. The number of hydrogen-bond donors (Lipinski definition) is 3. The van der Waals surface area contributed by atoms with E-state index in [-0.39, 0.29) is 6.42 Å². The van der Waals surface area contributed by atoms with Gasteiger partial charge in [0.1, 0.15) is 6.04 Å². The van der Waals surface area contributed by atoms with Crippen LogP contribution in [0.3, 0.4) is 0 Å². The van der Waals surface area contributed by atoms with E-state index in [1.807, 2.05) is 4.72 Å². The average Bonchev–Trinajstić information content (AvgIpc) is 2.17. The van der Waals surface area contributed by atoms with E-state index in [0.717, 1.165) is 5.56 Å². The van der Waals surface area contributed by atoms with Crippen LogP contribution in [0.15, 0.2) is 30.3 Å². The zero-order valence-electron chi connectivity index (χ0n) is 7.79. The van der Waals surface area contributed by atoms with E-state index in [0.29, 0.717) is 0 Å². The van der Waals surface area contributed by atoms with E-state index in [4.69, 9.17) is 5.11 Å². The molecular weight excluding hydrogens is 218 g/mol. The summed E-state index contributed by atoms with van der Waals surface area (Å²) in [4.78, 5) is 10.7. The highest BCUT2D eigenvalue weighted by molar-refractivity contribution is 7.70. The number of thiol groups is 1. The Balaban J connectivity index is 2.71. The maximum Gasteiger partial charge on any atom is 0.322 e. The largest absolute Gasteiger partial charge is 0.480 e. The van der Waals surface area contributed by atoms with E-state index in [9.17, 15) is 13.2 Å². The minimum Gasteiger partial charge on any atom is -0.480 e. The number of rotatable bonds is 5. The minimum absolute atomic E-state index is 0.138. The van der Waals surface area contributed by atoms with Crippen molar-refractivity contribution in [2.75, 3.05) is 0 Å². The fraction of sp³-hybridized carbons (Fsp3) is 0.222. The van der Waals surface area contributed by atoms with E-state index < -0.39 is 22.9 Å². The van der Waals surface area contributed by atoms with Crippen molar-refractivity contribution in [3.8, 4) is 0 Å². The van der Waals surface area contributed by atoms with Crippen molar-refractivity contribution in [3.05, 3.63) is 35.9 Å². The molecule has 1 aromatic carbocycles. The lowest BCUT2D eigenvalue weighted by molar-refractivity contribution is -0.138. The van der Waals surface area contributed by atoms with Crippen LogP contribution in [-0.4, -0.2) is 25.5 Å². The van der Waals surface area contributed by atoms with Crippen LogP contribution in [0.25, 0.3) is 0 Å². The Hall–Kier alpha value is -1.40. The van der Waals surface area contributed by atoms with Gasteiger partial charge >= 0.3 is 5.97 Å². The summed E-state index contributed by atoms with van der Waals surface area (Å²) in [6, 6.07) is 7.73. The molecule has 15 heavy (non-hydrogen) atoms. The van der Waals surface area contributed by atoms with Gasteiger partial charge in [0.15, 0.2) is 0 Å². The van der Waals surface area contributed by atoms with Crippen molar-refractivity contribution in [2.45, 2.75) is 12.5 Å². The zero-order chi connectivity index (χ0) is 11.3. The Kier molecular flexibility index (Phi) is 4.26. The molecule has 0 bridgehead atoms. The predicted octanol–water partition coefficient (Wildman–Crippen LogP) is -0.202. The fourth-order valence-electron chi connectivity index (χ4n) is 1.17. The number of hydrogen-bond acceptors (Lipinski definition) is 3. The number of carboxylic acid groups (broad SMARTS) is 1. The second kappa shape index (κ2) is 5.47. The van der Waals surface area contributed by atoms with Gasteiger partial charge in [0, 0.05) is 0 Å². The molecule has 5 nitrogen and oxygen atoms in total. The topological polar surface area (TPSA) is 83.5 Å². The predicted molar refractivity (Wildman–Crippen MR) is 55.0 cm³/mol. The molecule has 0 aliphatic carbocycles. The third-order valence-electron chi connectivity index (χ3n) is 1.84. The molecule has 1 rings (SSSR count). The third-order valence-corrected chi connectivity index (χ3v) is 2.36. The Labute approximate surface area is 88.8 Å². The van der Waals surface area contributed by atoms with Crippen LogP contribution in [0.2, 0.25) is 0 Å². The quantitative estimate of drug-likeness (QED) is 0.610. The van der Waals surface area contributed by atoms with Crippen LogP contribution in [0.4, 0.5) is 0 Å². The molecule has 0 radical (unpaired) electrons. The molecule has 0 saturated heterocycles. The highest BCUT2D eigenvalue weighted by Gasteiger charge is 2.17. The van der Waals surface area contributed by atoms with E-state index in [2.05, 4.69) is 0 Å². The molecule has 0 saturated carbocycles. The lowest BCUT2D eigenvalue weighted by Gasteiger charge is -2.09. The van der Waals surface area contributed by atoms with Gasteiger partial charge in [0.05, 0.1) is 0 Å². The van der Waals surface area contributed by atoms with Crippen LogP contribution in [-0.2, 0) is 22.1 Å². The van der Waals surface area contributed by atoms with E-state index >= 15 is 0 Å². The van der Waals surface area contributed by atoms with E-state index in [1.54, 1.807) is 30.3 Å². The van der Waals surface area contributed by atoms with Crippen LogP contribution in [0.1, 0.15) is 5.56 Å². The van der Waals surface area contributed by atoms with Gasteiger partial charge in [0.2, 0.25) is 10.9 Å². The van der Waals surface area contributed by atoms with Crippen molar-refractivity contribution < 1.29 is 18.3 Å². The van der Waals surface area contributed by atoms with Gasteiger partial charge in [-0.1, -0.05) is 30.3 Å². The first kappa shape index (κ1) is 11.7. The van der Waals surface area contributed by atoms with Gasteiger partial charge in [-0.2, -0.15) is 0 Å². The number of aliphatic carboxylic acids is 1. The first-order chi connectivity index (χ1) is 7.09. The molecule has 6 heteroatoms. The maximum atomic E-state index is 10.7. The van der Waals surface area contributed by atoms with E-state index in [1.165, 1.54) is 0 Å². The highest BCUT2D eigenvalue weighted by atomic mass is 32.2. The number of carbonyl (C=O) groups is 1. The molecule has 82 valence electrons. The monoisotopic (exact) mass is 229 g/mol. The van der Waals surface area contributed by atoms with Gasteiger partial charge in [-0.3, -0.25) is 4.79 Å². The SMILES string of the molecule is O=C(O)[C@@H](Cc1ccccc1)N[SH](=O)=O. The van der Waals surface area contributed by atoms with Crippen LogP contribution in [0.5, 0.6) is 0 Å². The molecule has 0 spiro atoms. The van der Waals surface area contributed by atoms with Gasteiger partial charge in [-0.05, 0) is 12.0 Å². The number of carboxylic acids is 1. The first-order valence-electron chi connectivity index (χ1n) is 4.27. The molecular formula is C9H11NO4S. The number of nitrogens with one attached hydrogen (secondary N) is 1. The molecule has 0 aliphatic rings. The van der Waals surface area contributed by atoms with Crippen LogP contribution >= 0.6 is 0 Å². The molecule has 1 atom stereocenters. The van der Waals surface area contributed by atoms with Crippen molar-refractivity contribution >= 4 is 16.9 Å². The first-order valence-corrected chi connectivity index (χ1v) is 5.44. The molecule has 0 unspecified atom stereocenters. The van der Waals surface area contributed by atoms with Crippen molar-refractivity contribution in [3.63, 3.8) is 0 Å². The second-order valence-corrected chi connectivity index (χ2v) is 3.74. The maximum absolute atomic E-state index is 10.7. The summed E-state index contributed by atoms with van der Waals surface area (Å²) in [7, 11) is -2.90. The van der Waals surface area contributed by atoms with Gasteiger partial charge < -0.3 is 5.11 Å². The van der Waals surface area contributed by atoms with Gasteiger partial charge in [-0.25, -0.2) is 13.1 Å². The smallest absolute Gasteiger partial charge is 0.322 e. The molecule has 0 aliphatic heterocycles. The highest BCUT2D eigenvalue weighted by Crippen LogP contribution is 2.03. The molecule has 0 fully saturated rings. The minimum atomic E-state index is -2.90. The van der Waals surface area contributed by atoms with Crippen LogP contribution < -0.4 is 4.72 Å². The molecule has 2 N–H and O–H groups in total. The number of benzene rings is 1. The summed E-state index contributed by atoms with van der Waals surface area (Å²) in [5, 5.41) is 8.75. The Bertz CT molecular complexity index is 394. The lowest BCUT2D eigenvalue weighted by Crippen LogP contribution is -2.37. The Morgan fingerprint density at radius 1 is 1.33 bits per heavy atom. The Morgan fingerprint density at radius 2 is 1.93 bits per heavy atom. The summed E-state index contributed by atoms with van der Waals surface area (Å²) in [5.41, 5.74) is 0.772. The molecule has 0 amide bonds. The van der Waals surface area contributed by atoms with Crippen molar-refractivity contribution in [2.24, 2.45) is 0 Å². The lowest BCUT2D eigenvalue weighted by atomic mass is 10.1. The zero-order valence-corrected chi connectivity index (χ0v) is 8.68. The molecule has 1 aromatic rings. The van der Waals surface area contributed by atoms with Crippen molar-refractivity contribution in [1.29, 1.82) is 0 Å². The van der Waals surface area contributed by atoms with Crippen molar-refractivity contribution in [1.82, 2.24) is 4.72 Å².